The van der Waals surface area contributed by atoms with E-state index in [1.165, 1.54) is 6.33 Å². The van der Waals surface area contributed by atoms with Crippen LogP contribution in [-0.2, 0) is 16.1 Å². The molecule has 0 bridgehead atoms. The average molecular weight is 377 g/mol. The summed E-state index contributed by atoms with van der Waals surface area (Å²) in [7, 11) is 0. The van der Waals surface area contributed by atoms with Gasteiger partial charge in [-0.05, 0) is 23.8 Å². The topological polar surface area (TPSA) is 66.2 Å². The Labute approximate surface area is 164 Å². The summed E-state index contributed by atoms with van der Waals surface area (Å²) in [5, 5.41) is 4.09. The van der Waals surface area contributed by atoms with Gasteiger partial charge in [0.2, 0.25) is 0 Å². The van der Waals surface area contributed by atoms with Gasteiger partial charge in [-0.3, -0.25) is 0 Å². The number of esters is 1. The van der Waals surface area contributed by atoms with Crippen LogP contribution in [0.3, 0.4) is 0 Å². The molecule has 1 aliphatic rings. The second kappa shape index (κ2) is 7.56. The second-order valence-electron chi connectivity index (χ2n) is 7.63. The zero-order valence-corrected chi connectivity index (χ0v) is 16.0. The lowest BCUT2D eigenvalue weighted by molar-refractivity contribution is -0.181. The molecule has 2 atom stereocenters. The van der Waals surface area contributed by atoms with Gasteiger partial charge in [0.05, 0.1) is 24.0 Å². The Kier molecular flexibility index (Phi) is 4.96. The number of nitrogens with zero attached hydrogens (tertiary/aromatic N) is 3. The molecule has 0 amide bonds. The van der Waals surface area contributed by atoms with Crippen molar-refractivity contribution in [3.8, 4) is 5.69 Å². The van der Waals surface area contributed by atoms with Crippen LogP contribution in [0.15, 0.2) is 67.3 Å². The molecule has 0 saturated heterocycles. The van der Waals surface area contributed by atoms with Crippen molar-refractivity contribution >= 4 is 5.97 Å². The smallest absolute Gasteiger partial charge is 0.338 e. The van der Waals surface area contributed by atoms with Gasteiger partial charge in [0.1, 0.15) is 18.8 Å². The van der Waals surface area contributed by atoms with Crippen molar-refractivity contribution in [2.24, 2.45) is 5.41 Å². The molecule has 0 aliphatic heterocycles. The van der Waals surface area contributed by atoms with Gasteiger partial charge in [0, 0.05) is 11.8 Å². The summed E-state index contributed by atoms with van der Waals surface area (Å²) < 4.78 is 13.4. The van der Waals surface area contributed by atoms with Crippen molar-refractivity contribution in [1.82, 2.24) is 14.8 Å². The lowest BCUT2D eigenvalue weighted by Crippen LogP contribution is -2.56. The Morgan fingerprint density at radius 3 is 2.68 bits per heavy atom. The van der Waals surface area contributed by atoms with Gasteiger partial charge in [0.15, 0.2) is 0 Å². The molecule has 1 aromatic heterocycles. The minimum Gasteiger partial charge on any atom is -0.458 e. The molecule has 0 N–H and O–H groups in total. The molecule has 0 radical (unpaired) electrons. The molecule has 6 heteroatoms. The highest BCUT2D eigenvalue weighted by molar-refractivity contribution is 5.90. The normalized spacial score (nSPS) is 20.4. The van der Waals surface area contributed by atoms with E-state index in [9.17, 15) is 4.79 Å². The molecule has 0 spiro atoms. The maximum atomic E-state index is 12.6. The Balaban J connectivity index is 1.36. The molecule has 0 unspecified atom stereocenters. The summed E-state index contributed by atoms with van der Waals surface area (Å²) in [6, 6.07) is 17.3. The molecule has 1 heterocycles. The van der Waals surface area contributed by atoms with Gasteiger partial charge in [-0.1, -0.05) is 50.2 Å². The predicted octanol–water partition coefficient (Wildman–Crippen LogP) is 3.81. The maximum Gasteiger partial charge on any atom is 0.338 e. The fraction of sp³-hybridized carbons (Fsp3) is 0.318. The van der Waals surface area contributed by atoms with E-state index in [-0.39, 0.29) is 23.6 Å². The van der Waals surface area contributed by atoms with Crippen LogP contribution in [0.4, 0.5) is 0 Å². The highest BCUT2D eigenvalue weighted by Gasteiger charge is 2.51. The standard InChI is InChI=1S/C22H23N3O3/c1-22(2)19(27-13-16-7-4-3-5-8-16)12-20(22)28-21(26)17-9-6-10-18(11-17)25-15-23-14-24-25/h3-11,14-15,19-20H,12-13H2,1-2H3/t19-,20+/m0/s1. The molecule has 3 aromatic rings. The molecular weight excluding hydrogens is 354 g/mol. The molecule has 1 aliphatic carbocycles. The molecule has 2 aromatic carbocycles. The van der Waals surface area contributed by atoms with Gasteiger partial charge < -0.3 is 9.47 Å². The number of hydrogen-bond acceptors (Lipinski definition) is 5. The third-order valence-electron chi connectivity index (χ3n) is 5.40. The third-order valence-corrected chi connectivity index (χ3v) is 5.40. The predicted molar refractivity (Wildman–Crippen MR) is 104 cm³/mol. The fourth-order valence-corrected chi connectivity index (χ4v) is 3.42. The van der Waals surface area contributed by atoms with Gasteiger partial charge in [-0.15, -0.1) is 0 Å². The largest absolute Gasteiger partial charge is 0.458 e. The lowest BCUT2D eigenvalue weighted by Gasteiger charge is -2.50. The van der Waals surface area contributed by atoms with Crippen molar-refractivity contribution in [3.63, 3.8) is 0 Å². The van der Waals surface area contributed by atoms with E-state index in [1.54, 1.807) is 23.1 Å². The van der Waals surface area contributed by atoms with Crippen molar-refractivity contribution in [1.29, 1.82) is 0 Å². The molecular formula is C22H23N3O3. The highest BCUT2D eigenvalue weighted by Crippen LogP contribution is 2.45. The Morgan fingerprint density at radius 2 is 1.96 bits per heavy atom. The monoisotopic (exact) mass is 377 g/mol. The van der Waals surface area contributed by atoms with Gasteiger partial charge in [-0.25, -0.2) is 14.5 Å². The van der Waals surface area contributed by atoms with Crippen molar-refractivity contribution < 1.29 is 14.3 Å². The van der Waals surface area contributed by atoms with Crippen molar-refractivity contribution in [2.75, 3.05) is 0 Å². The molecule has 6 nitrogen and oxygen atoms in total. The van der Waals surface area contributed by atoms with Gasteiger partial charge >= 0.3 is 5.97 Å². The number of benzene rings is 2. The molecule has 4 rings (SSSR count). The van der Waals surface area contributed by atoms with Crippen LogP contribution in [-0.4, -0.2) is 32.9 Å². The average Bonchev–Trinajstić information content (AvgIpc) is 3.26. The van der Waals surface area contributed by atoms with Gasteiger partial charge in [-0.2, -0.15) is 5.10 Å². The number of carbonyl (C=O) groups excluding carboxylic acids is 1. The van der Waals surface area contributed by atoms with Crippen LogP contribution in [0.25, 0.3) is 5.69 Å². The van der Waals surface area contributed by atoms with E-state index < -0.39 is 0 Å². The maximum absolute atomic E-state index is 12.6. The summed E-state index contributed by atoms with van der Waals surface area (Å²) in [5.74, 6) is -0.332. The quantitative estimate of drug-likeness (QED) is 0.611. The Hall–Kier alpha value is -2.99. The minimum absolute atomic E-state index is 0.0620. The molecule has 1 fully saturated rings. The van der Waals surface area contributed by atoms with E-state index in [0.29, 0.717) is 18.6 Å². The SMILES string of the molecule is CC1(C)[C@@H](OCc2ccccc2)C[C@H]1OC(=O)c1cccc(-n2cncn2)c1. The molecule has 28 heavy (non-hydrogen) atoms. The zero-order chi connectivity index (χ0) is 19.6. The molecule has 144 valence electrons. The lowest BCUT2D eigenvalue weighted by atomic mass is 9.66. The first-order valence-electron chi connectivity index (χ1n) is 9.35. The zero-order valence-electron chi connectivity index (χ0n) is 16.0. The first-order chi connectivity index (χ1) is 13.5. The second-order valence-corrected chi connectivity index (χ2v) is 7.63. The number of aromatic nitrogens is 3. The van der Waals surface area contributed by atoms with Crippen LogP contribution < -0.4 is 0 Å². The van der Waals surface area contributed by atoms with Gasteiger partial charge in [0.25, 0.3) is 0 Å². The first-order valence-corrected chi connectivity index (χ1v) is 9.35. The van der Waals surface area contributed by atoms with E-state index >= 15 is 0 Å². The van der Waals surface area contributed by atoms with Crippen LogP contribution >= 0.6 is 0 Å². The van der Waals surface area contributed by atoms with E-state index in [0.717, 1.165) is 11.3 Å². The number of rotatable bonds is 6. The third kappa shape index (κ3) is 3.68. The van der Waals surface area contributed by atoms with E-state index in [1.807, 2.05) is 42.5 Å². The van der Waals surface area contributed by atoms with Crippen molar-refractivity contribution in [2.45, 2.75) is 39.1 Å². The van der Waals surface area contributed by atoms with Crippen LogP contribution in [0, 0.1) is 5.41 Å². The van der Waals surface area contributed by atoms with Crippen LogP contribution in [0.1, 0.15) is 36.2 Å². The summed E-state index contributed by atoms with van der Waals surface area (Å²) >= 11 is 0. The summed E-state index contributed by atoms with van der Waals surface area (Å²) in [6.07, 6.45) is 3.64. The number of ether oxygens (including phenoxy) is 2. The summed E-state index contributed by atoms with van der Waals surface area (Å²) in [5.41, 5.74) is 2.18. The highest BCUT2D eigenvalue weighted by atomic mass is 16.6. The fourth-order valence-electron chi connectivity index (χ4n) is 3.42. The summed E-state index contributed by atoms with van der Waals surface area (Å²) in [6.45, 7) is 4.72. The minimum atomic E-state index is -0.332. The number of carbonyl (C=O) groups is 1. The number of hydrogen-bond donors (Lipinski definition) is 0. The van der Waals surface area contributed by atoms with Crippen LogP contribution in [0.2, 0.25) is 0 Å². The van der Waals surface area contributed by atoms with Crippen molar-refractivity contribution in [3.05, 3.63) is 78.4 Å². The van der Waals surface area contributed by atoms with E-state index in [2.05, 4.69) is 23.9 Å². The Morgan fingerprint density at radius 1 is 1.14 bits per heavy atom. The van der Waals surface area contributed by atoms with Crippen LogP contribution in [0.5, 0.6) is 0 Å². The first kappa shape index (κ1) is 18.4. The Bertz CT molecular complexity index is 939. The summed E-state index contributed by atoms with van der Waals surface area (Å²) in [4.78, 5) is 16.6. The van der Waals surface area contributed by atoms with E-state index in [4.69, 9.17) is 9.47 Å². The molecule has 1 saturated carbocycles.